The lowest BCUT2D eigenvalue weighted by Gasteiger charge is -2.24. The van der Waals surface area contributed by atoms with Gasteiger partial charge in [-0.1, -0.05) is 37.8 Å². The second-order valence-electron chi connectivity index (χ2n) is 8.09. The summed E-state index contributed by atoms with van der Waals surface area (Å²) in [5.41, 5.74) is 0. The van der Waals surface area contributed by atoms with Crippen LogP contribution in [0.4, 0.5) is 4.39 Å². The Hall–Kier alpha value is -1.11. The summed E-state index contributed by atoms with van der Waals surface area (Å²) in [6.07, 6.45) is 8.80. The molecule has 1 fully saturated rings. The molecule has 2 N–H and O–H groups in total. The minimum Gasteiger partial charge on any atom is -0.481 e. The maximum atomic E-state index is 13.8. The van der Waals surface area contributed by atoms with E-state index in [9.17, 15) is 14.3 Å². The lowest BCUT2D eigenvalue weighted by Crippen LogP contribution is -2.23. The molecule has 1 aromatic carbocycles. The lowest BCUT2D eigenvalue weighted by atomic mass is 9.86. The van der Waals surface area contributed by atoms with E-state index in [-0.39, 0.29) is 24.4 Å². The van der Waals surface area contributed by atoms with Crippen LogP contribution >= 0.6 is 11.8 Å². The molecule has 0 bridgehead atoms. The average Bonchev–Trinajstić information content (AvgIpc) is 3.05. The second kappa shape index (κ2) is 13.2. The van der Waals surface area contributed by atoms with Gasteiger partial charge in [-0.15, -0.1) is 11.8 Å². The van der Waals surface area contributed by atoms with Gasteiger partial charge in [-0.3, -0.25) is 4.79 Å². The first-order valence-electron chi connectivity index (χ1n) is 10.8. The Labute approximate surface area is 178 Å². The van der Waals surface area contributed by atoms with Crippen LogP contribution in [0.2, 0.25) is 0 Å². The Bertz CT molecular complexity index is 612. The van der Waals surface area contributed by atoms with Gasteiger partial charge in [-0.05, 0) is 56.1 Å². The largest absolute Gasteiger partial charge is 0.481 e. The van der Waals surface area contributed by atoms with Gasteiger partial charge in [-0.2, -0.15) is 0 Å². The number of hydrogen-bond acceptors (Lipinski definition) is 4. The van der Waals surface area contributed by atoms with E-state index in [0.717, 1.165) is 57.8 Å². The quantitative estimate of drug-likeness (QED) is 0.303. The lowest BCUT2D eigenvalue weighted by molar-refractivity contribution is -0.137. The summed E-state index contributed by atoms with van der Waals surface area (Å²) in [6, 6.07) is 6.81. The molecule has 4 nitrogen and oxygen atoms in total. The van der Waals surface area contributed by atoms with Crippen LogP contribution in [0.15, 0.2) is 29.2 Å². The SMILES string of the molecule is COC(CCC1C(CCCCCCC(=O)O)CC[C@H]1O)CSc1ccccc1F. The van der Waals surface area contributed by atoms with Gasteiger partial charge in [0.15, 0.2) is 0 Å². The molecule has 3 unspecified atom stereocenters. The number of rotatable bonds is 14. The Morgan fingerprint density at radius 1 is 1.21 bits per heavy atom. The molecule has 0 saturated heterocycles. The zero-order valence-corrected chi connectivity index (χ0v) is 18.2. The van der Waals surface area contributed by atoms with E-state index in [2.05, 4.69) is 0 Å². The predicted molar refractivity (Wildman–Crippen MR) is 115 cm³/mol. The molecular weight excluding hydrogens is 391 g/mol. The van der Waals surface area contributed by atoms with Crippen LogP contribution < -0.4 is 0 Å². The van der Waals surface area contributed by atoms with Gasteiger partial charge < -0.3 is 14.9 Å². The van der Waals surface area contributed by atoms with Gasteiger partial charge in [-0.25, -0.2) is 4.39 Å². The van der Waals surface area contributed by atoms with Crippen molar-refractivity contribution in [3.63, 3.8) is 0 Å². The third-order valence-electron chi connectivity index (χ3n) is 6.07. The molecule has 0 radical (unpaired) electrons. The molecule has 2 rings (SSSR count). The molecule has 0 aromatic heterocycles. The van der Waals surface area contributed by atoms with Crippen molar-refractivity contribution in [3.8, 4) is 0 Å². The number of aliphatic carboxylic acids is 1. The van der Waals surface area contributed by atoms with Crippen LogP contribution in [0.5, 0.6) is 0 Å². The molecule has 1 aliphatic rings. The number of methoxy groups -OCH3 is 1. The van der Waals surface area contributed by atoms with Crippen LogP contribution in [-0.2, 0) is 9.53 Å². The molecule has 6 heteroatoms. The molecule has 29 heavy (non-hydrogen) atoms. The van der Waals surface area contributed by atoms with E-state index in [0.29, 0.717) is 22.5 Å². The Morgan fingerprint density at radius 3 is 2.69 bits per heavy atom. The highest BCUT2D eigenvalue weighted by atomic mass is 32.2. The number of carboxylic acids is 1. The van der Waals surface area contributed by atoms with Crippen molar-refractivity contribution in [2.24, 2.45) is 11.8 Å². The van der Waals surface area contributed by atoms with Crippen molar-refractivity contribution in [2.75, 3.05) is 12.9 Å². The van der Waals surface area contributed by atoms with E-state index in [1.807, 2.05) is 6.07 Å². The van der Waals surface area contributed by atoms with Gasteiger partial charge >= 0.3 is 5.97 Å². The van der Waals surface area contributed by atoms with Gasteiger partial charge in [0.2, 0.25) is 0 Å². The molecular formula is C23H35FO4S. The topological polar surface area (TPSA) is 66.8 Å². The molecule has 1 aromatic rings. The van der Waals surface area contributed by atoms with E-state index in [1.54, 1.807) is 19.2 Å². The maximum Gasteiger partial charge on any atom is 0.303 e. The van der Waals surface area contributed by atoms with Crippen molar-refractivity contribution < 1.29 is 24.1 Å². The number of thioether (sulfide) groups is 1. The van der Waals surface area contributed by atoms with Crippen LogP contribution in [0.3, 0.4) is 0 Å². The van der Waals surface area contributed by atoms with Crippen molar-refractivity contribution in [2.45, 2.75) is 81.3 Å². The minimum atomic E-state index is -0.718. The van der Waals surface area contributed by atoms with Crippen LogP contribution in [0.25, 0.3) is 0 Å². The number of benzene rings is 1. The third-order valence-corrected chi connectivity index (χ3v) is 7.25. The van der Waals surface area contributed by atoms with E-state index < -0.39 is 5.97 Å². The number of hydrogen-bond donors (Lipinski definition) is 2. The average molecular weight is 427 g/mol. The van der Waals surface area contributed by atoms with Crippen molar-refractivity contribution in [1.82, 2.24) is 0 Å². The number of ether oxygens (including phenoxy) is 1. The van der Waals surface area contributed by atoms with E-state index in [1.165, 1.54) is 17.8 Å². The molecule has 1 saturated carbocycles. The van der Waals surface area contributed by atoms with E-state index >= 15 is 0 Å². The molecule has 0 amide bonds. The summed E-state index contributed by atoms with van der Waals surface area (Å²) in [7, 11) is 1.70. The fourth-order valence-corrected chi connectivity index (χ4v) is 5.39. The van der Waals surface area contributed by atoms with Crippen molar-refractivity contribution >= 4 is 17.7 Å². The molecule has 0 aliphatic heterocycles. The van der Waals surface area contributed by atoms with Gasteiger partial charge in [0.1, 0.15) is 5.82 Å². The predicted octanol–water partition coefficient (Wildman–Crippen LogP) is 5.53. The van der Waals surface area contributed by atoms with Crippen molar-refractivity contribution in [3.05, 3.63) is 30.1 Å². The summed E-state index contributed by atoms with van der Waals surface area (Å²) in [4.78, 5) is 11.2. The highest BCUT2D eigenvalue weighted by Gasteiger charge is 2.34. The maximum absolute atomic E-state index is 13.8. The van der Waals surface area contributed by atoms with Crippen LogP contribution in [-0.4, -0.2) is 41.3 Å². The zero-order chi connectivity index (χ0) is 21.1. The number of carboxylic acid groups (broad SMARTS) is 1. The highest BCUT2D eigenvalue weighted by Crippen LogP contribution is 2.39. The summed E-state index contributed by atoms with van der Waals surface area (Å²) in [5.74, 6) is 0.646. The summed E-state index contributed by atoms with van der Waals surface area (Å²) < 4.78 is 19.4. The van der Waals surface area contributed by atoms with Gasteiger partial charge in [0.25, 0.3) is 0 Å². The number of halogens is 1. The van der Waals surface area contributed by atoms with Gasteiger partial charge in [0.05, 0.1) is 12.2 Å². The number of aliphatic hydroxyl groups excluding tert-OH is 1. The van der Waals surface area contributed by atoms with Crippen molar-refractivity contribution in [1.29, 1.82) is 0 Å². The monoisotopic (exact) mass is 426 g/mol. The Balaban J connectivity index is 1.71. The molecule has 0 spiro atoms. The zero-order valence-electron chi connectivity index (χ0n) is 17.4. The summed E-state index contributed by atoms with van der Waals surface area (Å²) in [5, 5.41) is 19.1. The Morgan fingerprint density at radius 2 is 1.97 bits per heavy atom. The van der Waals surface area contributed by atoms with Gasteiger partial charge in [0, 0.05) is 24.2 Å². The minimum absolute atomic E-state index is 0.0454. The molecule has 0 heterocycles. The normalized spacial score (nSPS) is 22.7. The van der Waals surface area contributed by atoms with E-state index in [4.69, 9.17) is 9.84 Å². The first-order valence-corrected chi connectivity index (χ1v) is 11.8. The third kappa shape index (κ3) is 8.65. The smallest absolute Gasteiger partial charge is 0.303 e. The number of carbonyl (C=O) groups is 1. The molecule has 1 aliphatic carbocycles. The standard InChI is InChI=1S/C23H35FO4S/c1-28-18(16-29-22-10-7-6-9-20(22)24)13-14-19-17(12-15-21(19)25)8-4-2-3-5-11-23(26)27/h6-7,9-10,17-19,21,25H,2-5,8,11-16H2,1H3,(H,26,27)/t17?,18?,19?,21-/m1/s1. The highest BCUT2D eigenvalue weighted by molar-refractivity contribution is 7.99. The second-order valence-corrected chi connectivity index (χ2v) is 9.15. The number of aliphatic hydroxyl groups is 1. The summed E-state index contributed by atoms with van der Waals surface area (Å²) in [6.45, 7) is 0. The molecule has 164 valence electrons. The fraction of sp³-hybridized carbons (Fsp3) is 0.696. The fourth-order valence-electron chi connectivity index (χ4n) is 4.34. The molecule has 4 atom stereocenters. The number of unbranched alkanes of at least 4 members (excludes halogenated alkanes) is 3. The first-order chi connectivity index (χ1) is 14.0. The van der Waals surface area contributed by atoms with Crippen LogP contribution in [0, 0.1) is 17.7 Å². The first kappa shape index (κ1) is 24.2. The van der Waals surface area contributed by atoms with Crippen LogP contribution in [0.1, 0.15) is 64.2 Å². The summed E-state index contributed by atoms with van der Waals surface area (Å²) >= 11 is 1.48. The Kier molecular flexibility index (Phi) is 11.0.